The van der Waals surface area contributed by atoms with Gasteiger partial charge in [-0.1, -0.05) is 6.07 Å². The number of carbonyl (C=O) groups excluding carboxylic acids is 1. The van der Waals surface area contributed by atoms with Crippen LogP contribution in [0.5, 0.6) is 0 Å². The largest absolute Gasteiger partial charge is 0.416 e. The van der Waals surface area contributed by atoms with Gasteiger partial charge in [-0.05, 0) is 50.0 Å². The van der Waals surface area contributed by atoms with Gasteiger partial charge in [-0.15, -0.1) is 0 Å². The van der Waals surface area contributed by atoms with Crippen LogP contribution in [0.2, 0.25) is 0 Å². The fourth-order valence-electron chi connectivity index (χ4n) is 2.01. The van der Waals surface area contributed by atoms with Gasteiger partial charge < -0.3 is 5.32 Å². The third-order valence-electron chi connectivity index (χ3n) is 3.02. The van der Waals surface area contributed by atoms with Crippen LogP contribution >= 0.6 is 11.5 Å². The standard InChI is InChI=1S/C14H13F3N2OS/c1-7-4-5-10(6-11(7)14(15,16)17)18-13-12(9(3)20)8(2)19-21-13/h4-6,18H,1-3H3. The summed E-state index contributed by atoms with van der Waals surface area (Å²) in [4.78, 5) is 11.6. The molecule has 0 unspecified atom stereocenters. The Hall–Kier alpha value is -1.89. The molecule has 1 aromatic carbocycles. The van der Waals surface area contributed by atoms with E-state index in [1.807, 2.05) is 0 Å². The van der Waals surface area contributed by atoms with Crippen molar-refractivity contribution in [3.05, 3.63) is 40.6 Å². The Labute approximate surface area is 124 Å². The third kappa shape index (κ3) is 3.24. The van der Waals surface area contributed by atoms with Crippen LogP contribution in [-0.4, -0.2) is 10.2 Å². The Morgan fingerprint density at radius 3 is 2.52 bits per heavy atom. The molecule has 0 bridgehead atoms. The summed E-state index contributed by atoms with van der Waals surface area (Å²) in [6.45, 7) is 4.50. The fraction of sp³-hybridized carbons (Fsp3) is 0.286. The van der Waals surface area contributed by atoms with Gasteiger partial charge in [0, 0.05) is 5.69 Å². The molecule has 0 aliphatic carbocycles. The van der Waals surface area contributed by atoms with E-state index in [9.17, 15) is 18.0 Å². The fourth-order valence-corrected chi connectivity index (χ4v) is 2.87. The molecule has 1 N–H and O–H groups in total. The van der Waals surface area contributed by atoms with Crippen LogP contribution in [0.25, 0.3) is 0 Å². The Bertz CT molecular complexity index is 692. The monoisotopic (exact) mass is 314 g/mol. The van der Waals surface area contributed by atoms with Crippen molar-refractivity contribution in [3.63, 3.8) is 0 Å². The average molecular weight is 314 g/mol. The highest BCUT2D eigenvalue weighted by Gasteiger charge is 2.32. The molecule has 0 radical (unpaired) electrons. The summed E-state index contributed by atoms with van der Waals surface area (Å²) in [7, 11) is 0. The first kappa shape index (κ1) is 15.5. The number of hydrogen-bond donors (Lipinski definition) is 1. The summed E-state index contributed by atoms with van der Waals surface area (Å²) < 4.78 is 42.7. The van der Waals surface area contributed by atoms with E-state index in [0.29, 0.717) is 16.3 Å². The second kappa shape index (κ2) is 5.48. The minimum absolute atomic E-state index is 0.153. The third-order valence-corrected chi connectivity index (χ3v) is 3.87. The number of nitrogens with zero attached hydrogens (tertiary/aromatic N) is 1. The summed E-state index contributed by atoms with van der Waals surface area (Å²) in [6.07, 6.45) is -4.41. The van der Waals surface area contributed by atoms with Gasteiger partial charge in [0.05, 0.1) is 16.8 Å². The molecule has 0 aliphatic rings. The Kier molecular flexibility index (Phi) is 4.04. The Morgan fingerprint density at radius 2 is 1.95 bits per heavy atom. The zero-order chi connectivity index (χ0) is 15.8. The van der Waals surface area contributed by atoms with Gasteiger partial charge in [0.2, 0.25) is 0 Å². The quantitative estimate of drug-likeness (QED) is 0.833. The van der Waals surface area contributed by atoms with E-state index in [4.69, 9.17) is 0 Å². The Balaban J connectivity index is 2.40. The highest BCUT2D eigenvalue weighted by atomic mass is 32.1. The summed E-state index contributed by atoms with van der Waals surface area (Å²) in [6, 6.07) is 3.98. The molecule has 2 aromatic rings. The number of benzene rings is 1. The number of ketones is 1. The van der Waals surface area contributed by atoms with E-state index >= 15 is 0 Å². The van der Waals surface area contributed by atoms with E-state index < -0.39 is 11.7 Å². The molecule has 7 heteroatoms. The molecule has 0 atom stereocenters. The second-order valence-electron chi connectivity index (χ2n) is 4.68. The second-order valence-corrected chi connectivity index (χ2v) is 5.45. The van der Waals surface area contributed by atoms with Crippen molar-refractivity contribution in [1.29, 1.82) is 0 Å². The molecule has 3 nitrogen and oxygen atoms in total. The van der Waals surface area contributed by atoms with E-state index in [1.54, 1.807) is 13.0 Å². The molecule has 0 spiro atoms. The van der Waals surface area contributed by atoms with Crippen LogP contribution in [0.4, 0.5) is 23.9 Å². The lowest BCUT2D eigenvalue weighted by atomic mass is 10.1. The van der Waals surface area contributed by atoms with Crippen LogP contribution in [-0.2, 0) is 6.18 Å². The van der Waals surface area contributed by atoms with Gasteiger partial charge in [-0.3, -0.25) is 4.79 Å². The smallest absolute Gasteiger partial charge is 0.345 e. The number of aryl methyl sites for hydroxylation is 2. The van der Waals surface area contributed by atoms with Crippen molar-refractivity contribution in [2.24, 2.45) is 0 Å². The van der Waals surface area contributed by atoms with Gasteiger partial charge in [0.25, 0.3) is 0 Å². The summed E-state index contributed by atoms with van der Waals surface area (Å²) in [5.41, 5.74) is 0.713. The number of anilines is 2. The van der Waals surface area contributed by atoms with Crippen molar-refractivity contribution >= 4 is 28.0 Å². The van der Waals surface area contributed by atoms with Gasteiger partial charge >= 0.3 is 6.18 Å². The molecule has 1 heterocycles. The van der Waals surface area contributed by atoms with Crippen LogP contribution in [0.3, 0.4) is 0 Å². The van der Waals surface area contributed by atoms with Crippen molar-refractivity contribution < 1.29 is 18.0 Å². The molecule has 0 amide bonds. The SMILES string of the molecule is CC(=O)c1c(C)nsc1Nc1ccc(C)c(C(F)(F)F)c1. The molecule has 21 heavy (non-hydrogen) atoms. The lowest BCUT2D eigenvalue weighted by Gasteiger charge is -2.13. The van der Waals surface area contributed by atoms with Crippen LogP contribution in [0.15, 0.2) is 18.2 Å². The maximum Gasteiger partial charge on any atom is 0.416 e. The average Bonchev–Trinajstić information content (AvgIpc) is 2.71. The number of hydrogen-bond acceptors (Lipinski definition) is 4. The number of aromatic nitrogens is 1. The number of Topliss-reactive ketones (excluding diaryl/α,β-unsaturated/α-hetero) is 1. The lowest BCUT2D eigenvalue weighted by molar-refractivity contribution is -0.138. The molecular weight excluding hydrogens is 301 g/mol. The maximum absolute atomic E-state index is 12.9. The zero-order valence-corrected chi connectivity index (χ0v) is 12.4. The number of halogens is 3. The highest BCUT2D eigenvalue weighted by Crippen LogP contribution is 2.35. The molecule has 0 saturated heterocycles. The number of rotatable bonds is 3. The van der Waals surface area contributed by atoms with Gasteiger partial charge in [0.15, 0.2) is 5.78 Å². The van der Waals surface area contributed by atoms with Gasteiger partial charge in [0.1, 0.15) is 5.00 Å². The highest BCUT2D eigenvalue weighted by molar-refractivity contribution is 7.10. The van der Waals surface area contributed by atoms with Crippen molar-refractivity contribution in [2.45, 2.75) is 26.9 Å². The van der Waals surface area contributed by atoms with Crippen molar-refractivity contribution in [2.75, 3.05) is 5.32 Å². The topological polar surface area (TPSA) is 42.0 Å². The number of nitrogens with one attached hydrogen (secondary N) is 1. The van der Waals surface area contributed by atoms with Gasteiger partial charge in [-0.2, -0.15) is 17.5 Å². The molecule has 0 fully saturated rings. The van der Waals surface area contributed by atoms with E-state index in [2.05, 4.69) is 9.69 Å². The maximum atomic E-state index is 12.9. The van der Waals surface area contributed by atoms with Crippen molar-refractivity contribution in [1.82, 2.24) is 4.37 Å². The predicted octanol–water partition coefficient (Wildman–Crippen LogP) is 4.72. The molecule has 1 aromatic heterocycles. The Morgan fingerprint density at radius 1 is 1.29 bits per heavy atom. The summed E-state index contributed by atoms with van der Waals surface area (Å²) in [5.74, 6) is -0.174. The first-order chi connectivity index (χ1) is 9.70. The lowest BCUT2D eigenvalue weighted by Crippen LogP contribution is -2.08. The van der Waals surface area contributed by atoms with Crippen LogP contribution in [0.1, 0.15) is 34.1 Å². The predicted molar refractivity (Wildman–Crippen MR) is 76.3 cm³/mol. The van der Waals surface area contributed by atoms with Crippen LogP contribution in [0, 0.1) is 13.8 Å². The van der Waals surface area contributed by atoms with Crippen molar-refractivity contribution in [3.8, 4) is 0 Å². The minimum atomic E-state index is -4.41. The van der Waals surface area contributed by atoms with E-state index in [1.165, 1.54) is 19.9 Å². The van der Waals surface area contributed by atoms with Gasteiger partial charge in [-0.25, -0.2) is 0 Å². The molecule has 2 rings (SSSR count). The number of carbonyl (C=O) groups is 1. The minimum Gasteiger partial charge on any atom is -0.345 e. The van der Waals surface area contributed by atoms with E-state index in [0.717, 1.165) is 17.6 Å². The molecule has 112 valence electrons. The van der Waals surface area contributed by atoms with Crippen LogP contribution < -0.4 is 5.32 Å². The summed E-state index contributed by atoms with van der Waals surface area (Å²) >= 11 is 1.05. The first-order valence-electron chi connectivity index (χ1n) is 6.12. The molecular formula is C14H13F3N2OS. The van der Waals surface area contributed by atoms with E-state index in [-0.39, 0.29) is 17.0 Å². The molecule has 0 aliphatic heterocycles. The zero-order valence-electron chi connectivity index (χ0n) is 11.6. The summed E-state index contributed by atoms with van der Waals surface area (Å²) in [5, 5.41) is 3.31. The normalized spacial score (nSPS) is 11.5. The number of alkyl halides is 3. The first-order valence-corrected chi connectivity index (χ1v) is 6.89. The molecule has 0 saturated carbocycles.